The van der Waals surface area contributed by atoms with Crippen molar-refractivity contribution in [1.29, 1.82) is 0 Å². The van der Waals surface area contributed by atoms with E-state index in [1.165, 1.54) is 23.3 Å². The molecule has 0 bridgehead atoms. The van der Waals surface area contributed by atoms with Crippen LogP contribution in [-0.2, 0) is 29.0 Å². The second-order valence-corrected chi connectivity index (χ2v) is 11.0. The van der Waals surface area contributed by atoms with Crippen LogP contribution >= 0.6 is 11.3 Å². The molecule has 2 aromatic heterocycles. The highest BCUT2D eigenvalue weighted by molar-refractivity contribution is 7.17. The Morgan fingerprint density at radius 3 is 2.74 bits per heavy atom. The summed E-state index contributed by atoms with van der Waals surface area (Å²) >= 11 is 1.57. The molecule has 1 aliphatic rings. The summed E-state index contributed by atoms with van der Waals surface area (Å²) in [6.45, 7) is 3.07. The highest BCUT2D eigenvalue weighted by atomic mass is 32.1. The highest BCUT2D eigenvalue weighted by Crippen LogP contribution is 2.39. The third-order valence-electron chi connectivity index (χ3n) is 7.16. The number of amides is 1. The van der Waals surface area contributed by atoms with Crippen LogP contribution in [0, 0.1) is 5.82 Å². The van der Waals surface area contributed by atoms with E-state index in [1.54, 1.807) is 17.4 Å². The minimum Gasteiger partial charge on any atom is -0.490 e. The molecule has 8 nitrogen and oxygen atoms in total. The summed E-state index contributed by atoms with van der Waals surface area (Å²) < 4.78 is 31.9. The number of carbonyl (C=O) groups excluding carboxylic acids is 1. The molecule has 0 unspecified atom stereocenters. The molecule has 10 heteroatoms. The van der Waals surface area contributed by atoms with E-state index in [2.05, 4.69) is 45.1 Å². The lowest BCUT2D eigenvalue weighted by Crippen LogP contribution is -2.28. The molecule has 1 aliphatic heterocycles. The van der Waals surface area contributed by atoms with Crippen LogP contribution in [0.4, 0.5) is 9.18 Å². The first-order valence-electron chi connectivity index (χ1n) is 14.2. The van der Waals surface area contributed by atoms with Gasteiger partial charge in [0.2, 0.25) is 0 Å². The molecule has 0 radical (unpaired) electrons. The Balaban J connectivity index is 1.06. The van der Waals surface area contributed by atoms with E-state index in [-0.39, 0.29) is 33.0 Å². The highest BCUT2D eigenvalue weighted by Gasteiger charge is 2.19. The molecule has 0 spiro atoms. The van der Waals surface area contributed by atoms with Gasteiger partial charge in [0.05, 0.1) is 17.9 Å². The Morgan fingerprint density at radius 2 is 1.84 bits per heavy atom. The zero-order chi connectivity index (χ0) is 29.4. The fourth-order valence-corrected chi connectivity index (χ4v) is 5.91. The number of hydrogen-bond acceptors (Lipinski definition) is 8. The molecule has 220 valence electrons. The largest absolute Gasteiger partial charge is 0.490 e. The number of fused-ring (bicyclic) bond motifs is 2. The number of ether oxygens (including phenoxy) is 3. The molecular weight excluding hydrogens is 567 g/mol. The summed E-state index contributed by atoms with van der Waals surface area (Å²) in [5.41, 5.74) is 6.73. The van der Waals surface area contributed by atoms with Crippen molar-refractivity contribution in [3.63, 3.8) is 0 Å². The summed E-state index contributed by atoms with van der Waals surface area (Å²) in [5, 5.41) is 18.3. The van der Waals surface area contributed by atoms with Crippen LogP contribution in [-0.4, -0.2) is 49.2 Å². The maximum absolute atomic E-state index is 14.3. The second-order valence-electron chi connectivity index (χ2n) is 10.1. The predicted molar refractivity (Wildman–Crippen MR) is 165 cm³/mol. The lowest BCUT2D eigenvalue weighted by atomic mass is 9.96. The average Bonchev–Trinajstić information content (AvgIpc) is 3.54. The summed E-state index contributed by atoms with van der Waals surface area (Å²) in [6.07, 6.45) is 0.475. The molecule has 2 N–H and O–H groups in total. The Hall–Kier alpha value is -4.38. The van der Waals surface area contributed by atoms with Gasteiger partial charge in [-0.1, -0.05) is 42.5 Å². The maximum atomic E-state index is 14.3. The third-order valence-corrected chi connectivity index (χ3v) is 8.09. The van der Waals surface area contributed by atoms with Crippen molar-refractivity contribution < 1.29 is 23.4 Å². The van der Waals surface area contributed by atoms with Gasteiger partial charge in [-0.05, 0) is 59.3 Å². The zero-order valence-electron chi connectivity index (χ0n) is 23.5. The first-order chi connectivity index (χ1) is 21.2. The van der Waals surface area contributed by atoms with E-state index < -0.39 is 11.9 Å². The van der Waals surface area contributed by atoms with E-state index in [4.69, 9.17) is 14.2 Å². The summed E-state index contributed by atoms with van der Waals surface area (Å²) in [6, 6.07) is 22.4. The Morgan fingerprint density at radius 1 is 0.953 bits per heavy atom. The van der Waals surface area contributed by atoms with Gasteiger partial charge in [-0.25, -0.2) is 9.18 Å². The Labute approximate surface area is 252 Å². The van der Waals surface area contributed by atoms with Crippen molar-refractivity contribution in [2.24, 2.45) is 0 Å². The van der Waals surface area contributed by atoms with Gasteiger partial charge in [0.15, 0.2) is 0 Å². The molecule has 0 saturated carbocycles. The summed E-state index contributed by atoms with van der Waals surface area (Å²) in [4.78, 5) is 11.9. The zero-order valence-corrected chi connectivity index (χ0v) is 24.3. The van der Waals surface area contributed by atoms with E-state index in [0.29, 0.717) is 17.0 Å². The van der Waals surface area contributed by atoms with Gasteiger partial charge in [0, 0.05) is 35.7 Å². The van der Waals surface area contributed by atoms with Crippen LogP contribution in [0.1, 0.15) is 16.7 Å². The number of hydrogen-bond donors (Lipinski definition) is 2. The van der Waals surface area contributed by atoms with Crippen LogP contribution in [0.3, 0.4) is 0 Å². The fraction of sp³-hybridized carbons (Fsp3) is 0.242. The molecule has 0 atom stereocenters. The van der Waals surface area contributed by atoms with Gasteiger partial charge in [-0.2, -0.15) is 0 Å². The van der Waals surface area contributed by atoms with Crippen molar-refractivity contribution >= 4 is 27.5 Å². The monoisotopic (exact) mass is 598 g/mol. The normalized spacial score (nSPS) is 12.6. The number of carbonyl (C=O) groups is 1. The minimum absolute atomic E-state index is 0.192. The number of nitrogens with zero attached hydrogens (tertiary/aromatic N) is 2. The second kappa shape index (κ2) is 13.7. The van der Waals surface area contributed by atoms with Crippen LogP contribution in [0.2, 0.25) is 0 Å². The maximum Gasteiger partial charge on any atom is 0.407 e. The average molecular weight is 599 g/mol. The number of aromatic nitrogens is 2. The van der Waals surface area contributed by atoms with Crippen molar-refractivity contribution in [1.82, 2.24) is 20.8 Å². The number of halogens is 1. The van der Waals surface area contributed by atoms with Crippen molar-refractivity contribution in [3.05, 3.63) is 101 Å². The standard InChI is InChI=1S/C33H31FN4O4S/c34-26-8-9-27(29(19-26)41-16-15-40-14-13-36-33(39)42-21-22-4-2-1-3-5-22)31-32-28(11-17-43-32)30(37-38-31)24-6-7-25-20-35-12-10-23(25)18-24/h1-9,11,17-19,35H,10,12-16,20-21H2,(H,36,39). The molecule has 0 saturated heterocycles. The molecule has 6 rings (SSSR count). The number of rotatable bonds is 11. The van der Waals surface area contributed by atoms with E-state index in [0.717, 1.165) is 46.4 Å². The number of alkyl carbamates (subject to hydrolysis) is 1. The van der Waals surface area contributed by atoms with Gasteiger partial charge in [-0.15, -0.1) is 21.5 Å². The van der Waals surface area contributed by atoms with Gasteiger partial charge >= 0.3 is 6.09 Å². The van der Waals surface area contributed by atoms with Gasteiger partial charge in [0.25, 0.3) is 0 Å². The fourth-order valence-electron chi connectivity index (χ4n) is 5.02. The van der Waals surface area contributed by atoms with Crippen LogP contribution in [0.25, 0.3) is 32.6 Å². The van der Waals surface area contributed by atoms with Crippen molar-refractivity contribution in [2.75, 3.05) is 32.9 Å². The molecule has 5 aromatic rings. The first-order valence-corrected chi connectivity index (χ1v) is 15.1. The van der Waals surface area contributed by atoms with Gasteiger partial charge < -0.3 is 24.8 Å². The Kier molecular flexibility index (Phi) is 9.17. The van der Waals surface area contributed by atoms with Crippen molar-refractivity contribution in [2.45, 2.75) is 19.6 Å². The quantitative estimate of drug-likeness (QED) is 0.177. The molecular formula is C33H31FN4O4S. The molecule has 43 heavy (non-hydrogen) atoms. The van der Waals surface area contributed by atoms with Gasteiger partial charge in [0.1, 0.15) is 36.2 Å². The van der Waals surface area contributed by atoms with Crippen LogP contribution in [0.15, 0.2) is 78.2 Å². The SMILES string of the molecule is O=C(NCCOCCOc1cc(F)ccc1-c1nnc(-c2ccc3c(c2)CCNC3)c2ccsc12)OCc1ccccc1. The molecule has 0 fully saturated rings. The number of nitrogens with one attached hydrogen (secondary N) is 2. The molecule has 3 aromatic carbocycles. The predicted octanol–water partition coefficient (Wildman–Crippen LogP) is 6.13. The Bertz CT molecular complexity index is 1710. The lowest BCUT2D eigenvalue weighted by molar-refractivity contribution is 0.0967. The smallest absolute Gasteiger partial charge is 0.407 e. The van der Waals surface area contributed by atoms with Crippen molar-refractivity contribution in [3.8, 4) is 28.3 Å². The number of benzene rings is 3. The van der Waals surface area contributed by atoms with Crippen LogP contribution in [0.5, 0.6) is 5.75 Å². The van der Waals surface area contributed by atoms with E-state index in [9.17, 15) is 9.18 Å². The van der Waals surface area contributed by atoms with Gasteiger partial charge in [-0.3, -0.25) is 0 Å². The molecule has 0 aliphatic carbocycles. The molecule has 3 heterocycles. The first kappa shape index (κ1) is 28.7. The molecule has 1 amide bonds. The van der Waals surface area contributed by atoms with E-state index in [1.807, 2.05) is 35.7 Å². The summed E-state index contributed by atoms with van der Waals surface area (Å²) in [5.74, 6) is -0.0438. The third kappa shape index (κ3) is 6.99. The van der Waals surface area contributed by atoms with E-state index >= 15 is 0 Å². The topological polar surface area (TPSA) is 94.6 Å². The summed E-state index contributed by atoms with van der Waals surface area (Å²) in [7, 11) is 0. The number of thiophene rings is 1. The lowest BCUT2D eigenvalue weighted by Gasteiger charge is -2.18. The van der Waals surface area contributed by atoms with Crippen LogP contribution < -0.4 is 15.4 Å². The minimum atomic E-state index is -0.510.